The number of methoxy groups -OCH3 is 1. The first-order chi connectivity index (χ1) is 19.5. The van der Waals surface area contributed by atoms with Gasteiger partial charge in [-0.05, 0) is 43.7 Å². The first kappa shape index (κ1) is 28.1. The molecule has 1 fully saturated rings. The number of alkyl halides is 3. The Morgan fingerprint density at radius 2 is 1.76 bits per heavy atom. The van der Waals surface area contributed by atoms with E-state index in [-0.39, 0.29) is 35.1 Å². The maximum absolute atomic E-state index is 14.3. The largest absolute Gasteiger partial charge is 0.497 e. The fourth-order valence-corrected chi connectivity index (χ4v) is 5.45. The fourth-order valence-electron chi connectivity index (χ4n) is 5.45. The number of hydrogen-bond acceptors (Lipinski definition) is 6. The summed E-state index contributed by atoms with van der Waals surface area (Å²) in [5.74, 6) is -0.452. The van der Waals surface area contributed by atoms with Gasteiger partial charge in [0.25, 0.3) is 5.91 Å². The third-order valence-corrected chi connectivity index (χ3v) is 7.42. The number of carbonyl (C=O) groups excluding carboxylic acids is 2. The highest BCUT2D eigenvalue weighted by molar-refractivity contribution is 6.00. The van der Waals surface area contributed by atoms with Crippen LogP contribution in [0.3, 0.4) is 0 Å². The Morgan fingerprint density at radius 3 is 2.34 bits per heavy atom. The van der Waals surface area contributed by atoms with E-state index < -0.39 is 29.7 Å². The molecule has 0 bridgehead atoms. The number of nitrogens with two attached hydrogens (primary N) is 1. The zero-order valence-corrected chi connectivity index (χ0v) is 22.7. The number of carbonyl (C=O) groups is 2. The van der Waals surface area contributed by atoms with Crippen LogP contribution in [0.5, 0.6) is 5.75 Å². The number of halogens is 3. The smallest absolute Gasteiger partial charge is 0.433 e. The number of fused-ring (bicyclic) bond motifs is 1. The highest BCUT2D eigenvalue weighted by Crippen LogP contribution is 2.37. The van der Waals surface area contributed by atoms with Crippen LogP contribution in [0.1, 0.15) is 40.1 Å². The third kappa shape index (κ3) is 5.22. The van der Waals surface area contributed by atoms with Crippen molar-refractivity contribution in [1.29, 1.82) is 0 Å². The first-order valence-electron chi connectivity index (χ1n) is 13.0. The molecule has 2 atom stereocenters. The zero-order valence-electron chi connectivity index (χ0n) is 22.7. The number of nitrogens with zero attached hydrogens (tertiary/aromatic N) is 5. The summed E-state index contributed by atoms with van der Waals surface area (Å²) in [5, 5.41) is 3.95. The molecular formula is C29H29F3N6O3. The minimum atomic E-state index is -4.75. The molecule has 1 aliphatic rings. The molecule has 2 N–H and O–H groups in total. The summed E-state index contributed by atoms with van der Waals surface area (Å²) in [7, 11) is 1.49. The maximum Gasteiger partial charge on any atom is 0.433 e. The van der Waals surface area contributed by atoms with E-state index >= 15 is 0 Å². The van der Waals surface area contributed by atoms with Gasteiger partial charge >= 0.3 is 6.18 Å². The lowest BCUT2D eigenvalue weighted by Gasteiger charge is -2.42. The predicted octanol–water partition coefficient (Wildman–Crippen LogP) is 4.11. The van der Waals surface area contributed by atoms with Crippen molar-refractivity contribution in [3.05, 3.63) is 83.2 Å². The molecule has 2 amide bonds. The maximum atomic E-state index is 14.3. The van der Waals surface area contributed by atoms with E-state index in [1.54, 1.807) is 29.2 Å². The average Bonchev–Trinajstić information content (AvgIpc) is 3.35. The van der Waals surface area contributed by atoms with Crippen molar-refractivity contribution in [2.24, 2.45) is 5.73 Å². The Bertz CT molecular complexity index is 1590. The molecule has 12 heteroatoms. The fraction of sp³-hybridized carbons (Fsp3) is 0.310. The van der Waals surface area contributed by atoms with Crippen molar-refractivity contribution >= 4 is 17.5 Å². The summed E-state index contributed by atoms with van der Waals surface area (Å²) in [6, 6.07) is 14.6. The second kappa shape index (κ2) is 10.8. The number of aromatic nitrogens is 3. The minimum absolute atomic E-state index is 0.0416. The van der Waals surface area contributed by atoms with E-state index in [2.05, 4.69) is 10.1 Å². The van der Waals surface area contributed by atoms with Crippen LogP contribution in [-0.2, 0) is 11.0 Å². The van der Waals surface area contributed by atoms with Crippen LogP contribution >= 0.6 is 0 Å². The van der Waals surface area contributed by atoms with Crippen molar-refractivity contribution in [1.82, 2.24) is 24.4 Å². The molecule has 4 aromatic rings. The van der Waals surface area contributed by atoms with Gasteiger partial charge in [0.15, 0.2) is 11.3 Å². The van der Waals surface area contributed by atoms with E-state index in [4.69, 9.17) is 10.5 Å². The molecule has 0 spiro atoms. The molecule has 0 radical (unpaired) electrons. The lowest BCUT2D eigenvalue weighted by atomic mass is 10.0. The lowest BCUT2D eigenvalue weighted by Crippen LogP contribution is -2.56. The van der Waals surface area contributed by atoms with Crippen molar-refractivity contribution in [2.75, 3.05) is 26.7 Å². The summed E-state index contributed by atoms with van der Waals surface area (Å²) in [6.07, 6.45) is -3.62. The molecule has 1 aliphatic heterocycles. The molecule has 2 aromatic carbocycles. The van der Waals surface area contributed by atoms with Crippen LogP contribution in [-0.4, -0.2) is 69.0 Å². The van der Waals surface area contributed by atoms with Gasteiger partial charge in [0.2, 0.25) is 5.91 Å². The summed E-state index contributed by atoms with van der Waals surface area (Å²) < 4.78 is 48.7. The Morgan fingerprint density at radius 1 is 1.07 bits per heavy atom. The molecule has 0 unspecified atom stereocenters. The van der Waals surface area contributed by atoms with Gasteiger partial charge in [-0.1, -0.05) is 30.3 Å². The third-order valence-electron chi connectivity index (χ3n) is 7.42. The normalized spacial score (nSPS) is 17.0. The molecule has 1 saturated heterocycles. The van der Waals surface area contributed by atoms with E-state index in [0.29, 0.717) is 28.9 Å². The lowest BCUT2D eigenvalue weighted by molar-refractivity contribution is -0.143. The van der Waals surface area contributed by atoms with Crippen molar-refractivity contribution in [3.63, 3.8) is 0 Å². The number of ether oxygens (including phenoxy) is 1. The Labute approximate surface area is 234 Å². The average molecular weight is 567 g/mol. The topological polar surface area (TPSA) is 106 Å². The van der Waals surface area contributed by atoms with Crippen LogP contribution in [0.2, 0.25) is 0 Å². The highest BCUT2D eigenvalue weighted by atomic mass is 19.4. The van der Waals surface area contributed by atoms with E-state index in [1.807, 2.05) is 42.2 Å². The van der Waals surface area contributed by atoms with E-state index in [0.717, 1.165) is 11.8 Å². The van der Waals surface area contributed by atoms with Gasteiger partial charge in [-0.25, -0.2) is 9.50 Å². The van der Waals surface area contributed by atoms with Gasteiger partial charge < -0.3 is 15.4 Å². The summed E-state index contributed by atoms with van der Waals surface area (Å²) in [5.41, 5.74) is 5.68. The number of piperazine rings is 1. The standard InChI is InChI=1S/C29H29F3N6O3/c1-17-16-36(24(26(33)39)20-7-5-4-6-8-20)13-14-37(17)28(40)22-15-34-38-25(29(30,31)32)18(2)23(35-27(22)38)19-9-11-21(41-3)12-10-19/h4-12,15,17,24H,13-14,16H2,1-3H3,(H2,33,39)/t17-,24-/m1/s1. The highest BCUT2D eigenvalue weighted by Gasteiger charge is 2.40. The molecular weight excluding hydrogens is 537 g/mol. The second-order valence-electron chi connectivity index (χ2n) is 10.0. The van der Waals surface area contributed by atoms with Crippen molar-refractivity contribution < 1.29 is 27.5 Å². The number of benzene rings is 2. The number of hydrogen-bond donors (Lipinski definition) is 1. The Hall–Kier alpha value is -4.45. The summed E-state index contributed by atoms with van der Waals surface area (Å²) in [6.45, 7) is 4.07. The number of amides is 2. The zero-order chi connectivity index (χ0) is 29.5. The number of rotatable bonds is 6. The molecule has 0 aliphatic carbocycles. The Kier molecular flexibility index (Phi) is 7.43. The van der Waals surface area contributed by atoms with Crippen LogP contribution in [0.25, 0.3) is 16.9 Å². The van der Waals surface area contributed by atoms with Gasteiger partial charge in [0.05, 0.1) is 19.0 Å². The molecule has 0 saturated carbocycles. The number of primary amides is 1. The van der Waals surface area contributed by atoms with Crippen LogP contribution in [0.15, 0.2) is 60.8 Å². The van der Waals surface area contributed by atoms with E-state index in [1.165, 1.54) is 14.0 Å². The minimum Gasteiger partial charge on any atom is -0.497 e. The molecule has 2 aromatic heterocycles. The van der Waals surface area contributed by atoms with Crippen LogP contribution in [0.4, 0.5) is 13.2 Å². The molecule has 214 valence electrons. The molecule has 9 nitrogen and oxygen atoms in total. The second-order valence-corrected chi connectivity index (χ2v) is 10.0. The van der Waals surface area contributed by atoms with Gasteiger partial charge in [-0.2, -0.15) is 18.3 Å². The van der Waals surface area contributed by atoms with Gasteiger partial charge in [0, 0.05) is 36.8 Å². The van der Waals surface area contributed by atoms with Crippen molar-refractivity contribution in [3.8, 4) is 17.0 Å². The van der Waals surface area contributed by atoms with Gasteiger partial charge in [-0.15, -0.1) is 0 Å². The van der Waals surface area contributed by atoms with Gasteiger partial charge in [0.1, 0.15) is 17.4 Å². The Balaban J connectivity index is 1.50. The monoisotopic (exact) mass is 566 g/mol. The summed E-state index contributed by atoms with van der Waals surface area (Å²) in [4.78, 5) is 34.1. The van der Waals surface area contributed by atoms with Crippen LogP contribution in [0, 0.1) is 6.92 Å². The predicted molar refractivity (Wildman–Crippen MR) is 145 cm³/mol. The molecule has 41 heavy (non-hydrogen) atoms. The quantitative estimate of drug-likeness (QED) is 0.377. The van der Waals surface area contributed by atoms with Gasteiger partial charge in [-0.3, -0.25) is 14.5 Å². The van der Waals surface area contributed by atoms with Crippen LogP contribution < -0.4 is 10.5 Å². The first-order valence-corrected chi connectivity index (χ1v) is 13.0. The summed E-state index contributed by atoms with van der Waals surface area (Å²) >= 11 is 0. The SMILES string of the molecule is COc1ccc(-c2nc3c(C(=O)N4CCN([C@@H](C(N)=O)c5ccccc5)C[C@H]4C)cnn3c(C(F)(F)F)c2C)cc1. The molecule has 5 rings (SSSR count). The molecule has 3 heterocycles. The van der Waals surface area contributed by atoms with E-state index in [9.17, 15) is 22.8 Å². The van der Waals surface area contributed by atoms with Crippen molar-refractivity contribution in [2.45, 2.75) is 32.1 Å².